The van der Waals surface area contributed by atoms with Gasteiger partial charge in [0, 0.05) is 33.1 Å². The smallest absolute Gasteiger partial charge is 0.284 e. The number of amides is 2. The van der Waals surface area contributed by atoms with E-state index in [1.807, 2.05) is 0 Å². The summed E-state index contributed by atoms with van der Waals surface area (Å²) in [6.07, 6.45) is 0.337. The zero-order valence-corrected chi connectivity index (χ0v) is 10.2. The van der Waals surface area contributed by atoms with Gasteiger partial charge in [0.1, 0.15) is 0 Å². The molecular formula is C9H13N5O2S. The van der Waals surface area contributed by atoms with E-state index in [1.165, 1.54) is 11.3 Å². The van der Waals surface area contributed by atoms with Crippen molar-refractivity contribution in [3.63, 3.8) is 0 Å². The fraction of sp³-hybridized carbons (Fsp3) is 0.556. The van der Waals surface area contributed by atoms with E-state index in [9.17, 15) is 9.59 Å². The number of carbonyl (C=O) groups excluding carboxylic acids is 2. The molecule has 0 spiro atoms. The summed E-state index contributed by atoms with van der Waals surface area (Å²) in [4.78, 5) is 24.8. The third-order valence-corrected chi connectivity index (χ3v) is 3.35. The maximum atomic E-state index is 12.1. The van der Waals surface area contributed by atoms with Gasteiger partial charge in [-0.05, 0) is 0 Å². The van der Waals surface area contributed by atoms with Gasteiger partial charge in [-0.2, -0.15) is 0 Å². The summed E-state index contributed by atoms with van der Waals surface area (Å²) in [6, 6.07) is 0. The molecule has 1 aromatic rings. The summed E-state index contributed by atoms with van der Waals surface area (Å²) < 4.78 is 0. The number of rotatable bonds is 2. The Balaban J connectivity index is 2.06. The molecule has 0 atom stereocenters. The average Bonchev–Trinajstić information content (AvgIpc) is 2.71. The highest BCUT2D eigenvalue weighted by Crippen LogP contribution is 2.16. The van der Waals surface area contributed by atoms with E-state index in [0.29, 0.717) is 36.2 Å². The standard InChI is InChI=1S/C9H13N5O2S/c1-10-9-13-12-7(17-9)8(16)14-4-2-6(15)11-3-5-14/h2-5H2,1H3,(H,10,13)(H,11,15). The molecule has 1 aliphatic heterocycles. The Morgan fingerprint density at radius 2 is 2.29 bits per heavy atom. The van der Waals surface area contributed by atoms with Gasteiger partial charge in [-0.15, -0.1) is 10.2 Å². The molecule has 1 aliphatic rings. The summed E-state index contributed by atoms with van der Waals surface area (Å²) in [5.74, 6) is -0.186. The van der Waals surface area contributed by atoms with Crippen molar-refractivity contribution in [3.8, 4) is 0 Å². The van der Waals surface area contributed by atoms with Gasteiger partial charge in [0.05, 0.1) is 0 Å². The normalized spacial score (nSPS) is 16.3. The molecule has 1 fully saturated rings. The Kier molecular flexibility index (Phi) is 3.52. The average molecular weight is 255 g/mol. The van der Waals surface area contributed by atoms with Crippen molar-refractivity contribution >= 4 is 28.3 Å². The lowest BCUT2D eigenvalue weighted by Gasteiger charge is -2.17. The Morgan fingerprint density at radius 1 is 1.47 bits per heavy atom. The number of carbonyl (C=O) groups is 2. The van der Waals surface area contributed by atoms with E-state index in [4.69, 9.17) is 0 Å². The molecule has 0 bridgehead atoms. The minimum atomic E-state index is -0.166. The third-order valence-electron chi connectivity index (χ3n) is 2.42. The van der Waals surface area contributed by atoms with Crippen LogP contribution in [0.3, 0.4) is 0 Å². The first-order valence-electron chi connectivity index (χ1n) is 5.28. The molecule has 2 N–H and O–H groups in total. The van der Waals surface area contributed by atoms with E-state index in [2.05, 4.69) is 20.8 Å². The van der Waals surface area contributed by atoms with Gasteiger partial charge in [-0.3, -0.25) is 9.59 Å². The molecule has 1 saturated heterocycles. The molecule has 0 aromatic carbocycles. The highest BCUT2D eigenvalue weighted by molar-refractivity contribution is 7.17. The van der Waals surface area contributed by atoms with Gasteiger partial charge in [0.25, 0.3) is 5.91 Å². The number of hydrogen-bond donors (Lipinski definition) is 2. The highest BCUT2D eigenvalue weighted by atomic mass is 32.1. The van der Waals surface area contributed by atoms with Crippen LogP contribution in [0.1, 0.15) is 16.2 Å². The molecule has 2 rings (SSSR count). The summed E-state index contributed by atoms with van der Waals surface area (Å²) in [7, 11) is 1.73. The number of nitrogens with zero attached hydrogens (tertiary/aromatic N) is 3. The van der Waals surface area contributed by atoms with E-state index >= 15 is 0 Å². The van der Waals surface area contributed by atoms with Crippen LogP contribution in [-0.2, 0) is 4.79 Å². The first-order valence-corrected chi connectivity index (χ1v) is 6.09. The molecule has 17 heavy (non-hydrogen) atoms. The summed E-state index contributed by atoms with van der Waals surface area (Å²) in [6.45, 7) is 1.43. The van der Waals surface area contributed by atoms with E-state index < -0.39 is 0 Å². The van der Waals surface area contributed by atoms with Crippen LogP contribution >= 0.6 is 11.3 Å². The lowest BCUT2D eigenvalue weighted by Crippen LogP contribution is -2.34. The fourth-order valence-electron chi connectivity index (χ4n) is 1.52. The molecule has 7 nitrogen and oxygen atoms in total. The van der Waals surface area contributed by atoms with E-state index in [-0.39, 0.29) is 11.8 Å². The fourth-order valence-corrected chi connectivity index (χ4v) is 2.18. The van der Waals surface area contributed by atoms with Crippen LogP contribution in [0.4, 0.5) is 5.13 Å². The van der Waals surface area contributed by atoms with Crippen LogP contribution in [0, 0.1) is 0 Å². The van der Waals surface area contributed by atoms with Crippen molar-refractivity contribution in [3.05, 3.63) is 5.01 Å². The molecule has 2 heterocycles. The quantitative estimate of drug-likeness (QED) is 0.747. The Morgan fingerprint density at radius 3 is 3.00 bits per heavy atom. The Bertz CT molecular complexity index is 433. The van der Waals surface area contributed by atoms with Crippen LogP contribution < -0.4 is 10.6 Å². The zero-order chi connectivity index (χ0) is 12.3. The highest BCUT2D eigenvalue weighted by Gasteiger charge is 2.22. The monoisotopic (exact) mass is 255 g/mol. The molecular weight excluding hydrogens is 242 g/mol. The van der Waals surface area contributed by atoms with Crippen molar-refractivity contribution in [1.82, 2.24) is 20.4 Å². The maximum absolute atomic E-state index is 12.1. The summed E-state index contributed by atoms with van der Waals surface area (Å²) in [5, 5.41) is 14.1. The topological polar surface area (TPSA) is 87.2 Å². The molecule has 0 saturated carbocycles. The third kappa shape index (κ3) is 2.70. The largest absolute Gasteiger partial charge is 0.363 e. The second-order valence-electron chi connectivity index (χ2n) is 3.55. The molecule has 0 aliphatic carbocycles. The van der Waals surface area contributed by atoms with Crippen molar-refractivity contribution in [1.29, 1.82) is 0 Å². The Hall–Kier alpha value is -1.70. The van der Waals surface area contributed by atoms with E-state index in [1.54, 1.807) is 11.9 Å². The summed E-state index contributed by atoms with van der Waals surface area (Å²) >= 11 is 1.21. The second-order valence-corrected chi connectivity index (χ2v) is 4.53. The minimum Gasteiger partial charge on any atom is -0.363 e. The first-order chi connectivity index (χ1) is 8.20. The molecule has 8 heteroatoms. The number of aromatic nitrogens is 2. The van der Waals surface area contributed by atoms with Gasteiger partial charge < -0.3 is 15.5 Å². The van der Waals surface area contributed by atoms with Gasteiger partial charge in [0.15, 0.2) is 0 Å². The van der Waals surface area contributed by atoms with Crippen LogP contribution in [0.2, 0.25) is 0 Å². The summed E-state index contributed by atoms with van der Waals surface area (Å²) in [5.41, 5.74) is 0. The molecule has 0 radical (unpaired) electrons. The van der Waals surface area contributed by atoms with E-state index in [0.717, 1.165) is 0 Å². The van der Waals surface area contributed by atoms with Crippen LogP contribution in [0.15, 0.2) is 0 Å². The number of anilines is 1. The van der Waals surface area contributed by atoms with Gasteiger partial charge in [0.2, 0.25) is 16.0 Å². The van der Waals surface area contributed by atoms with Crippen LogP contribution in [-0.4, -0.2) is 53.6 Å². The maximum Gasteiger partial charge on any atom is 0.284 e. The zero-order valence-electron chi connectivity index (χ0n) is 9.39. The first kappa shape index (κ1) is 11.8. The van der Waals surface area contributed by atoms with Crippen LogP contribution in [0.25, 0.3) is 0 Å². The molecule has 92 valence electrons. The lowest BCUT2D eigenvalue weighted by molar-refractivity contribution is -0.120. The Labute approximate surface area is 102 Å². The predicted octanol–water partition coefficient (Wildman–Crippen LogP) is -0.458. The minimum absolute atomic E-state index is 0.0199. The van der Waals surface area contributed by atoms with Crippen molar-refractivity contribution < 1.29 is 9.59 Å². The molecule has 2 amide bonds. The van der Waals surface area contributed by atoms with Crippen LogP contribution in [0.5, 0.6) is 0 Å². The lowest BCUT2D eigenvalue weighted by atomic mass is 10.4. The second kappa shape index (κ2) is 5.09. The van der Waals surface area contributed by atoms with Gasteiger partial charge in [-0.25, -0.2) is 0 Å². The number of nitrogens with one attached hydrogen (secondary N) is 2. The predicted molar refractivity (Wildman–Crippen MR) is 63.0 cm³/mol. The van der Waals surface area contributed by atoms with Gasteiger partial charge in [-0.1, -0.05) is 11.3 Å². The van der Waals surface area contributed by atoms with Crippen molar-refractivity contribution in [2.75, 3.05) is 32.0 Å². The molecule has 1 aromatic heterocycles. The SMILES string of the molecule is CNc1nnc(C(=O)N2CCNC(=O)CC2)s1. The van der Waals surface area contributed by atoms with Crippen molar-refractivity contribution in [2.45, 2.75) is 6.42 Å². The number of hydrogen-bond acceptors (Lipinski definition) is 6. The van der Waals surface area contributed by atoms with Crippen molar-refractivity contribution in [2.24, 2.45) is 0 Å². The molecule has 0 unspecified atom stereocenters. The van der Waals surface area contributed by atoms with Gasteiger partial charge >= 0.3 is 0 Å².